The number of imidazole rings is 1. The highest BCUT2D eigenvalue weighted by atomic mass is 16.5. The first-order chi connectivity index (χ1) is 16.1. The van der Waals surface area contributed by atoms with Gasteiger partial charge in [0.15, 0.2) is 11.5 Å². The first-order valence-corrected chi connectivity index (χ1v) is 11.7. The second-order valence-electron chi connectivity index (χ2n) is 8.22. The Morgan fingerprint density at radius 3 is 2.55 bits per heavy atom. The van der Waals surface area contributed by atoms with Crippen molar-refractivity contribution in [1.82, 2.24) is 14.9 Å². The molecular weight excluding hydrogens is 414 g/mol. The lowest BCUT2D eigenvalue weighted by atomic mass is 10.2. The summed E-state index contributed by atoms with van der Waals surface area (Å²) in [4.78, 5) is 16.4. The molecule has 1 amide bonds. The first kappa shape index (κ1) is 24.4. The molecule has 6 nitrogen and oxygen atoms in total. The zero-order valence-electron chi connectivity index (χ0n) is 19.8. The Labute approximate surface area is 196 Å². The number of hydrogen-bond donors (Lipinski definition) is 1. The molecule has 0 saturated heterocycles. The van der Waals surface area contributed by atoms with E-state index in [1.165, 1.54) is 5.52 Å². The van der Waals surface area contributed by atoms with Crippen molar-refractivity contribution in [3.05, 3.63) is 66.5 Å². The van der Waals surface area contributed by atoms with Crippen LogP contribution in [-0.2, 0) is 17.8 Å². The van der Waals surface area contributed by atoms with Gasteiger partial charge in [0.2, 0.25) is 5.91 Å². The van der Waals surface area contributed by atoms with Crippen molar-refractivity contribution in [1.29, 1.82) is 0 Å². The standard InChI is InChI=1S/C27H35N3O3/c1-21(2)27(31)28-18-10-4-5-17-26-29-22-13-6-7-14-23(22)30(26)19-11-12-20-33-25-16-9-8-15-24(25)32-3/h6-9,13-16H,1,4-5,10-12,17-20H2,2-3H3,(H,28,31). The maximum absolute atomic E-state index is 11.6. The first-order valence-electron chi connectivity index (χ1n) is 11.7. The quantitative estimate of drug-likeness (QED) is 0.268. The molecule has 3 rings (SSSR count). The summed E-state index contributed by atoms with van der Waals surface area (Å²) in [6, 6.07) is 16.1. The molecule has 0 bridgehead atoms. The Morgan fingerprint density at radius 2 is 1.76 bits per heavy atom. The third kappa shape index (κ3) is 7.11. The Bertz CT molecular complexity index is 1060. The molecule has 0 fully saturated rings. The molecule has 0 aliphatic carbocycles. The predicted octanol–water partition coefficient (Wildman–Crippen LogP) is 5.31. The Morgan fingerprint density at radius 1 is 1.00 bits per heavy atom. The highest BCUT2D eigenvalue weighted by Crippen LogP contribution is 2.26. The van der Waals surface area contributed by atoms with Gasteiger partial charge in [-0.1, -0.05) is 37.3 Å². The molecule has 0 aliphatic rings. The summed E-state index contributed by atoms with van der Waals surface area (Å²) >= 11 is 0. The number of amides is 1. The van der Waals surface area contributed by atoms with Crippen molar-refractivity contribution in [3.8, 4) is 11.5 Å². The molecular formula is C27H35N3O3. The van der Waals surface area contributed by atoms with Crippen LogP contribution in [0.15, 0.2) is 60.7 Å². The van der Waals surface area contributed by atoms with E-state index >= 15 is 0 Å². The number of carbonyl (C=O) groups is 1. The number of ether oxygens (including phenoxy) is 2. The summed E-state index contributed by atoms with van der Waals surface area (Å²) in [6.45, 7) is 7.65. The molecule has 1 heterocycles. The van der Waals surface area contributed by atoms with Crippen LogP contribution in [0.4, 0.5) is 0 Å². The number of aryl methyl sites for hydroxylation is 2. The molecule has 0 spiro atoms. The Kier molecular flexibility index (Phi) is 9.36. The molecule has 176 valence electrons. The summed E-state index contributed by atoms with van der Waals surface area (Å²) in [7, 11) is 1.66. The average molecular weight is 450 g/mol. The van der Waals surface area contributed by atoms with E-state index in [1.54, 1.807) is 14.0 Å². The Hall–Kier alpha value is -3.28. The highest BCUT2D eigenvalue weighted by Gasteiger charge is 2.10. The summed E-state index contributed by atoms with van der Waals surface area (Å²) in [6.07, 6.45) is 5.94. The van der Waals surface area contributed by atoms with Crippen molar-refractivity contribution >= 4 is 16.9 Å². The summed E-state index contributed by atoms with van der Waals surface area (Å²) < 4.78 is 13.6. The van der Waals surface area contributed by atoms with Gasteiger partial charge in [0.1, 0.15) is 5.82 Å². The second kappa shape index (κ2) is 12.7. The third-order valence-corrected chi connectivity index (χ3v) is 5.59. The van der Waals surface area contributed by atoms with Crippen LogP contribution < -0.4 is 14.8 Å². The van der Waals surface area contributed by atoms with Gasteiger partial charge in [-0.25, -0.2) is 4.98 Å². The molecule has 0 unspecified atom stereocenters. The summed E-state index contributed by atoms with van der Waals surface area (Å²) in [5.41, 5.74) is 2.79. The lowest BCUT2D eigenvalue weighted by Gasteiger charge is -2.12. The lowest BCUT2D eigenvalue weighted by molar-refractivity contribution is -0.117. The zero-order chi connectivity index (χ0) is 23.5. The van der Waals surface area contributed by atoms with E-state index < -0.39 is 0 Å². The second-order valence-corrected chi connectivity index (χ2v) is 8.22. The number of nitrogens with one attached hydrogen (secondary N) is 1. The normalized spacial score (nSPS) is 10.8. The number of carbonyl (C=O) groups excluding carboxylic acids is 1. The van der Waals surface area contributed by atoms with Crippen molar-refractivity contribution in [2.75, 3.05) is 20.3 Å². The largest absolute Gasteiger partial charge is 0.493 e. The van der Waals surface area contributed by atoms with Crippen LogP contribution in [0.25, 0.3) is 11.0 Å². The maximum Gasteiger partial charge on any atom is 0.246 e. The predicted molar refractivity (Wildman–Crippen MR) is 133 cm³/mol. The molecule has 1 N–H and O–H groups in total. The Balaban J connectivity index is 1.48. The van der Waals surface area contributed by atoms with Gasteiger partial charge in [-0.3, -0.25) is 4.79 Å². The molecule has 0 radical (unpaired) electrons. The minimum atomic E-state index is -0.0634. The van der Waals surface area contributed by atoms with Gasteiger partial charge in [0.05, 0.1) is 24.8 Å². The number of fused-ring (bicyclic) bond motifs is 1. The van der Waals surface area contributed by atoms with E-state index in [0.29, 0.717) is 18.7 Å². The minimum Gasteiger partial charge on any atom is -0.493 e. The average Bonchev–Trinajstić information content (AvgIpc) is 3.18. The van der Waals surface area contributed by atoms with E-state index in [0.717, 1.165) is 67.9 Å². The molecule has 3 aromatic rings. The van der Waals surface area contributed by atoms with Crippen LogP contribution in [0.5, 0.6) is 11.5 Å². The van der Waals surface area contributed by atoms with Crippen LogP contribution in [-0.4, -0.2) is 35.7 Å². The molecule has 33 heavy (non-hydrogen) atoms. The minimum absolute atomic E-state index is 0.0634. The zero-order valence-corrected chi connectivity index (χ0v) is 19.8. The van der Waals surface area contributed by atoms with E-state index in [9.17, 15) is 4.79 Å². The molecule has 0 saturated carbocycles. The maximum atomic E-state index is 11.6. The number of nitrogens with zero attached hydrogens (tertiary/aromatic N) is 2. The summed E-state index contributed by atoms with van der Waals surface area (Å²) in [5.74, 6) is 2.62. The summed E-state index contributed by atoms with van der Waals surface area (Å²) in [5, 5.41) is 2.89. The fourth-order valence-electron chi connectivity index (χ4n) is 3.80. The monoisotopic (exact) mass is 449 g/mol. The number of para-hydroxylation sites is 4. The van der Waals surface area contributed by atoms with E-state index in [2.05, 4.69) is 34.7 Å². The van der Waals surface area contributed by atoms with Gasteiger partial charge in [-0.2, -0.15) is 0 Å². The third-order valence-electron chi connectivity index (χ3n) is 5.59. The SMILES string of the molecule is C=C(C)C(=O)NCCCCCc1nc2ccccc2n1CCCCOc1ccccc1OC. The smallest absolute Gasteiger partial charge is 0.246 e. The van der Waals surface area contributed by atoms with Crippen LogP contribution in [0.3, 0.4) is 0 Å². The van der Waals surface area contributed by atoms with Crippen LogP contribution in [0.2, 0.25) is 0 Å². The van der Waals surface area contributed by atoms with Gasteiger partial charge in [-0.15, -0.1) is 0 Å². The van der Waals surface area contributed by atoms with Crippen molar-refractivity contribution in [2.45, 2.75) is 52.0 Å². The number of hydrogen-bond acceptors (Lipinski definition) is 4. The topological polar surface area (TPSA) is 65.4 Å². The number of aromatic nitrogens is 2. The van der Waals surface area contributed by atoms with Crippen LogP contribution >= 0.6 is 0 Å². The number of benzene rings is 2. The number of unbranched alkanes of at least 4 members (excludes halogenated alkanes) is 3. The van der Waals surface area contributed by atoms with Crippen LogP contribution in [0, 0.1) is 0 Å². The lowest BCUT2D eigenvalue weighted by Crippen LogP contribution is -2.24. The van der Waals surface area contributed by atoms with E-state index in [1.807, 2.05) is 30.3 Å². The van der Waals surface area contributed by atoms with Crippen LogP contribution in [0.1, 0.15) is 44.9 Å². The van der Waals surface area contributed by atoms with Gasteiger partial charge < -0.3 is 19.4 Å². The molecule has 0 atom stereocenters. The number of methoxy groups -OCH3 is 1. The fraction of sp³-hybridized carbons (Fsp3) is 0.407. The van der Waals surface area contributed by atoms with E-state index in [4.69, 9.17) is 14.5 Å². The molecule has 6 heteroatoms. The highest BCUT2D eigenvalue weighted by molar-refractivity contribution is 5.92. The van der Waals surface area contributed by atoms with Crippen molar-refractivity contribution < 1.29 is 14.3 Å². The van der Waals surface area contributed by atoms with Crippen molar-refractivity contribution in [2.24, 2.45) is 0 Å². The van der Waals surface area contributed by atoms with Gasteiger partial charge in [0.25, 0.3) is 0 Å². The molecule has 0 aliphatic heterocycles. The van der Waals surface area contributed by atoms with Crippen molar-refractivity contribution in [3.63, 3.8) is 0 Å². The van der Waals surface area contributed by atoms with Gasteiger partial charge in [-0.05, 0) is 56.9 Å². The number of rotatable bonds is 14. The molecule has 1 aromatic heterocycles. The van der Waals surface area contributed by atoms with Gasteiger partial charge >= 0.3 is 0 Å². The van der Waals surface area contributed by atoms with Gasteiger partial charge in [0, 0.05) is 25.1 Å². The molecule has 2 aromatic carbocycles. The fourth-order valence-corrected chi connectivity index (χ4v) is 3.80. The van der Waals surface area contributed by atoms with E-state index in [-0.39, 0.29) is 5.91 Å².